The van der Waals surface area contributed by atoms with E-state index in [4.69, 9.17) is 0 Å². The van der Waals surface area contributed by atoms with Gasteiger partial charge in [0.2, 0.25) is 0 Å². The normalized spacial score (nSPS) is 11.1. The van der Waals surface area contributed by atoms with Crippen LogP contribution < -0.4 is 0 Å². The molecule has 0 aliphatic rings. The molecule has 0 atom stereocenters. The van der Waals surface area contributed by atoms with E-state index in [0.717, 1.165) is 16.0 Å². The van der Waals surface area contributed by atoms with E-state index >= 15 is 0 Å². The summed E-state index contributed by atoms with van der Waals surface area (Å²) in [6, 6.07) is 10.0. The summed E-state index contributed by atoms with van der Waals surface area (Å²) in [7, 11) is 0. The highest BCUT2D eigenvalue weighted by molar-refractivity contribution is 7.12. The summed E-state index contributed by atoms with van der Waals surface area (Å²) >= 11 is 1.69. The van der Waals surface area contributed by atoms with Gasteiger partial charge in [0.25, 0.3) is 0 Å². The molecule has 92 valence electrons. The highest BCUT2D eigenvalue weighted by atomic mass is 32.1. The third-order valence-corrected chi connectivity index (χ3v) is 3.77. The molecule has 0 bridgehead atoms. The van der Waals surface area contributed by atoms with Gasteiger partial charge < -0.3 is 0 Å². The maximum absolute atomic E-state index is 12.1. The Labute approximate surface area is 112 Å². The van der Waals surface area contributed by atoms with E-state index < -0.39 is 0 Å². The molecule has 1 nitrogen and oxygen atoms in total. The first-order valence-corrected chi connectivity index (χ1v) is 6.74. The predicted octanol–water partition coefficient (Wildman–Crippen LogP) is 4.57. The van der Waals surface area contributed by atoms with Crippen LogP contribution in [0.2, 0.25) is 0 Å². The SMILES string of the molecule is Cc1ccc(C(=O)/C=C/c2ccc(C)s2)c(C)c1. The van der Waals surface area contributed by atoms with E-state index in [1.165, 1.54) is 10.4 Å². The highest BCUT2D eigenvalue weighted by Gasteiger charge is 2.05. The topological polar surface area (TPSA) is 17.1 Å². The summed E-state index contributed by atoms with van der Waals surface area (Å²) in [4.78, 5) is 14.4. The molecule has 1 heterocycles. The van der Waals surface area contributed by atoms with Gasteiger partial charge in [-0.1, -0.05) is 23.8 Å². The Morgan fingerprint density at radius 2 is 1.89 bits per heavy atom. The number of allylic oxidation sites excluding steroid dienone is 1. The molecule has 0 saturated carbocycles. The fourth-order valence-corrected chi connectivity index (χ4v) is 2.66. The molecule has 18 heavy (non-hydrogen) atoms. The molecule has 2 heteroatoms. The van der Waals surface area contributed by atoms with Gasteiger partial charge in [-0.15, -0.1) is 11.3 Å². The molecule has 2 aromatic rings. The summed E-state index contributed by atoms with van der Waals surface area (Å²) < 4.78 is 0. The molecule has 0 aliphatic carbocycles. The first kappa shape index (κ1) is 12.8. The number of hydrogen-bond acceptors (Lipinski definition) is 2. The van der Waals surface area contributed by atoms with Crippen molar-refractivity contribution < 1.29 is 4.79 Å². The number of carbonyl (C=O) groups is 1. The van der Waals surface area contributed by atoms with Crippen molar-refractivity contribution in [1.29, 1.82) is 0 Å². The Morgan fingerprint density at radius 3 is 2.50 bits per heavy atom. The van der Waals surface area contributed by atoms with Crippen molar-refractivity contribution in [3.8, 4) is 0 Å². The molecule has 0 saturated heterocycles. The van der Waals surface area contributed by atoms with Crippen LogP contribution in [0.3, 0.4) is 0 Å². The predicted molar refractivity (Wildman–Crippen MR) is 78.3 cm³/mol. The van der Waals surface area contributed by atoms with Crippen molar-refractivity contribution in [3.05, 3.63) is 62.9 Å². The molecule has 0 aliphatic heterocycles. The number of aryl methyl sites for hydroxylation is 3. The maximum Gasteiger partial charge on any atom is 0.186 e. The zero-order valence-corrected chi connectivity index (χ0v) is 11.7. The lowest BCUT2D eigenvalue weighted by Gasteiger charge is -2.02. The van der Waals surface area contributed by atoms with Crippen molar-refractivity contribution in [2.75, 3.05) is 0 Å². The second-order valence-corrected chi connectivity index (χ2v) is 5.78. The van der Waals surface area contributed by atoms with E-state index in [1.54, 1.807) is 17.4 Å². The maximum atomic E-state index is 12.1. The van der Waals surface area contributed by atoms with Crippen LogP contribution in [0.25, 0.3) is 6.08 Å². The van der Waals surface area contributed by atoms with Gasteiger partial charge in [0.05, 0.1) is 0 Å². The van der Waals surface area contributed by atoms with Gasteiger partial charge in [-0.3, -0.25) is 4.79 Å². The van der Waals surface area contributed by atoms with Gasteiger partial charge in [-0.05, 0) is 50.6 Å². The third-order valence-electron chi connectivity index (χ3n) is 2.81. The standard InChI is InChI=1S/C16H16OS/c1-11-4-8-15(12(2)10-11)16(17)9-7-14-6-5-13(3)18-14/h4-10H,1-3H3/b9-7+. The minimum atomic E-state index is 0.0681. The zero-order valence-electron chi connectivity index (χ0n) is 10.9. The molecule has 0 radical (unpaired) electrons. The zero-order chi connectivity index (χ0) is 13.1. The van der Waals surface area contributed by atoms with Gasteiger partial charge in [0, 0.05) is 15.3 Å². The van der Waals surface area contributed by atoms with E-state index in [-0.39, 0.29) is 5.78 Å². The molecular weight excluding hydrogens is 240 g/mol. The van der Waals surface area contributed by atoms with Crippen molar-refractivity contribution in [3.63, 3.8) is 0 Å². The number of thiophene rings is 1. The lowest BCUT2D eigenvalue weighted by atomic mass is 10.0. The van der Waals surface area contributed by atoms with Crippen LogP contribution >= 0.6 is 11.3 Å². The van der Waals surface area contributed by atoms with Crippen LogP contribution in [0, 0.1) is 20.8 Å². The summed E-state index contributed by atoms with van der Waals surface area (Å²) in [6.07, 6.45) is 3.54. The quantitative estimate of drug-likeness (QED) is 0.580. The molecule has 0 spiro atoms. The minimum absolute atomic E-state index is 0.0681. The monoisotopic (exact) mass is 256 g/mol. The van der Waals surface area contributed by atoms with Crippen LogP contribution in [0.5, 0.6) is 0 Å². The second kappa shape index (κ2) is 5.32. The average molecular weight is 256 g/mol. The average Bonchev–Trinajstić information content (AvgIpc) is 2.72. The van der Waals surface area contributed by atoms with Gasteiger partial charge in [0.15, 0.2) is 5.78 Å². The van der Waals surface area contributed by atoms with Gasteiger partial charge in [-0.2, -0.15) is 0 Å². The molecule has 0 N–H and O–H groups in total. The number of carbonyl (C=O) groups excluding carboxylic acids is 1. The largest absolute Gasteiger partial charge is 0.289 e. The Morgan fingerprint density at radius 1 is 1.11 bits per heavy atom. The van der Waals surface area contributed by atoms with E-state index in [1.807, 2.05) is 44.2 Å². The Balaban J connectivity index is 2.19. The van der Waals surface area contributed by atoms with Crippen molar-refractivity contribution in [2.45, 2.75) is 20.8 Å². The van der Waals surface area contributed by atoms with E-state index in [0.29, 0.717) is 0 Å². The molecule has 0 fully saturated rings. The van der Waals surface area contributed by atoms with Crippen LogP contribution in [-0.4, -0.2) is 5.78 Å². The molecule has 0 unspecified atom stereocenters. The lowest BCUT2D eigenvalue weighted by Crippen LogP contribution is -1.97. The fourth-order valence-electron chi connectivity index (χ4n) is 1.88. The first-order valence-electron chi connectivity index (χ1n) is 5.92. The summed E-state index contributed by atoms with van der Waals surface area (Å²) in [5.74, 6) is 0.0681. The molecular formula is C16H16OS. The lowest BCUT2D eigenvalue weighted by molar-refractivity contribution is 0.104. The molecule has 2 rings (SSSR count). The summed E-state index contributed by atoms with van der Waals surface area (Å²) in [6.45, 7) is 6.07. The van der Waals surface area contributed by atoms with Crippen LogP contribution in [0.15, 0.2) is 36.4 Å². The third kappa shape index (κ3) is 2.96. The van der Waals surface area contributed by atoms with Crippen LogP contribution in [0.4, 0.5) is 0 Å². The Hall–Kier alpha value is -1.67. The van der Waals surface area contributed by atoms with E-state index in [9.17, 15) is 4.79 Å². The molecule has 0 amide bonds. The van der Waals surface area contributed by atoms with Crippen molar-refractivity contribution in [1.82, 2.24) is 0 Å². The number of hydrogen-bond donors (Lipinski definition) is 0. The van der Waals surface area contributed by atoms with Crippen LogP contribution in [0.1, 0.15) is 31.2 Å². The molecule has 1 aromatic carbocycles. The Kier molecular flexibility index (Phi) is 3.78. The Bertz CT molecular complexity index is 605. The first-order chi connectivity index (χ1) is 8.56. The second-order valence-electron chi connectivity index (χ2n) is 4.46. The summed E-state index contributed by atoms with van der Waals surface area (Å²) in [5, 5.41) is 0. The number of ketones is 1. The van der Waals surface area contributed by atoms with Gasteiger partial charge in [0.1, 0.15) is 0 Å². The van der Waals surface area contributed by atoms with Crippen molar-refractivity contribution >= 4 is 23.2 Å². The highest BCUT2D eigenvalue weighted by Crippen LogP contribution is 2.17. The molecule has 1 aromatic heterocycles. The van der Waals surface area contributed by atoms with E-state index in [2.05, 4.69) is 13.0 Å². The number of rotatable bonds is 3. The van der Waals surface area contributed by atoms with Crippen LogP contribution in [-0.2, 0) is 0 Å². The van der Waals surface area contributed by atoms with Gasteiger partial charge in [-0.25, -0.2) is 0 Å². The number of benzene rings is 1. The summed E-state index contributed by atoms with van der Waals surface area (Å²) in [5.41, 5.74) is 3.00. The van der Waals surface area contributed by atoms with Crippen molar-refractivity contribution in [2.24, 2.45) is 0 Å². The van der Waals surface area contributed by atoms with Gasteiger partial charge >= 0.3 is 0 Å². The fraction of sp³-hybridized carbons (Fsp3) is 0.188. The smallest absolute Gasteiger partial charge is 0.186 e. The minimum Gasteiger partial charge on any atom is -0.289 e.